The molecule has 0 atom stereocenters. The Morgan fingerprint density at radius 3 is 1.50 bits per heavy atom. The minimum Gasteiger partial charge on any atom is -0.456 e. The van der Waals surface area contributed by atoms with Gasteiger partial charge in [-0.2, -0.15) is 0 Å². The maximum Gasteiger partial charge on any atom is 0.136 e. The van der Waals surface area contributed by atoms with Gasteiger partial charge in [0.25, 0.3) is 0 Å². The largest absolute Gasteiger partial charge is 0.456 e. The smallest absolute Gasteiger partial charge is 0.136 e. The summed E-state index contributed by atoms with van der Waals surface area (Å²) in [6, 6.07) is 85.6. The van der Waals surface area contributed by atoms with Crippen LogP contribution in [0.15, 0.2) is 241 Å². The van der Waals surface area contributed by atoms with E-state index in [2.05, 4.69) is 229 Å². The fourth-order valence-electron chi connectivity index (χ4n) is 9.31. The van der Waals surface area contributed by atoms with Crippen LogP contribution in [0, 0.1) is 0 Å². The van der Waals surface area contributed by atoms with Crippen LogP contribution < -0.4 is 4.90 Å². The van der Waals surface area contributed by atoms with E-state index in [0.29, 0.717) is 0 Å². The Bertz CT molecular complexity index is 3630. The van der Waals surface area contributed by atoms with E-state index >= 15 is 0 Å². The summed E-state index contributed by atoms with van der Waals surface area (Å²) in [5.41, 5.74) is 14.4. The molecule has 0 aliphatic carbocycles. The minimum atomic E-state index is 0.899. The Labute approximate surface area is 360 Å². The molecule has 0 saturated heterocycles. The third-order valence-corrected chi connectivity index (χ3v) is 12.4. The van der Waals surface area contributed by atoms with E-state index in [4.69, 9.17) is 4.42 Å². The number of anilines is 3. The molecule has 11 aromatic carbocycles. The van der Waals surface area contributed by atoms with E-state index in [1.54, 1.807) is 0 Å². The van der Waals surface area contributed by atoms with Crippen molar-refractivity contribution in [1.29, 1.82) is 0 Å². The predicted octanol–water partition coefficient (Wildman–Crippen LogP) is 17.2. The van der Waals surface area contributed by atoms with Crippen molar-refractivity contribution in [3.63, 3.8) is 0 Å². The maximum absolute atomic E-state index is 6.26. The number of nitrogens with zero attached hydrogens (tertiary/aromatic N) is 1. The van der Waals surface area contributed by atoms with Crippen molar-refractivity contribution in [3.05, 3.63) is 237 Å². The summed E-state index contributed by atoms with van der Waals surface area (Å²) in [6.45, 7) is 0. The Balaban J connectivity index is 0.937. The zero-order valence-corrected chi connectivity index (χ0v) is 33.9. The SMILES string of the molecule is c1cc(-c2ccc(-c3ccc4ccc5ccccc5c4c3)cc2)cc(N(c2ccc(-c3cccc4oc5ccccc5c34)cc2)c2cccc(-c3ccc4ccccc4c3)c2)c1. The summed E-state index contributed by atoms with van der Waals surface area (Å²) < 4.78 is 6.26. The molecule has 0 bridgehead atoms. The average Bonchev–Trinajstić information content (AvgIpc) is 3.73. The Morgan fingerprint density at radius 2 is 0.758 bits per heavy atom. The predicted molar refractivity (Wildman–Crippen MR) is 263 cm³/mol. The summed E-state index contributed by atoms with van der Waals surface area (Å²) in [7, 11) is 0. The lowest BCUT2D eigenvalue weighted by atomic mass is 9.96. The number of para-hydroxylation sites is 1. The fraction of sp³-hybridized carbons (Fsp3) is 0. The quantitative estimate of drug-likeness (QED) is 0.150. The van der Waals surface area contributed by atoms with E-state index in [1.165, 1.54) is 60.1 Å². The number of fused-ring (bicyclic) bond motifs is 7. The summed E-state index contributed by atoms with van der Waals surface area (Å²) in [6.07, 6.45) is 0. The lowest BCUT2D eigenvalue weighted by molar-refractivity contribution is 0.669. The van der Waals surface area contributed by atoms with Crippen molar-refractivity contribution in [2.75, 3.05) is 4.90 Å². The van der Waals surface area contributed by atoms with Crippen LogP contribution in [0.1, 0.15) is 0 Å². The molecule has 12 rings (SSSR count). The van der Waals surface area contributed by atoms with Crippen molar-refractivity contribution >= 4 is 71.3 Å². The molecule has 12 aromatic rings. The van der Waals surface area contributed by atoms with Crippen molar-refractivity contribution in [2.24, 2.45) is 0 Å². The van der Waals surface area contributed by atoms with Gasteiger partial charge in [-0.3, -0.25) is 0 Å². The summed E-state index contributed by atoms with van der Waals surface area (Å²) >= 11 is 0. The van der Waals surface area contributed by atoms with Gasteiger partial charge in [0, 0.05) is 27.8 Å². The summed E-state index contributed by atoms with van der Waals surface area (Å²) in [5.74, 6) is 0. The van der Waals surface area contributed by atoms with Crippen LogP contribution in [0.4, 0.5) is 17.1 Å². The molecule has 0 fully saturated rings. The molecule has 2 heteroatoms. The van der Waals surface area contributed by atoms with Gasteiger partial charge in [0.1, 0.15) is 11.2 Å². The molecule has 0 saturated carbocycles. The van der Waals surface area contributed by atoms with Gasteiger partial charge in [-0.25, -0.2) is 0 Å². The molecular formula is C60H39NO. The molecular weight excluding hydrogens is 751 g/mol. The third-order valence-electron chi connectivity index (χ3n) is 12.4. The highest BCUT2D eigenvalue weighted by molar-refractivity contribution is 6.12. The van der Waals surface area contributed by atoms with Crippen LogP contribution in [0.2, 0.25) is 0 Å². The number of hydrogen-bond acceptors (Lipinski definition) is 2. The van der Waals surface area contributed by atoms with Crippen molar-refractivity contribution in [3.8, 4) is 44.5 Å². The van der Waals surface area contributed by atoms with Crippen LogP contribution in [-0.4, -0.2) is 0 Å². The number of furan rings is 1. The topological polar surface area (TPSA) is 16.4 Å². The second kappa shape index (κ2) is 14.8. The fourth-order valence-corrected chi connectivity index (χ4v) is 9.31. The maximum atomic E-state index is 6.26. The molecule has 0 aliphatic rings. The van der Waals surface area contributed by atoms with Gasteiger partial charge in [0.05, 0.1) is 0 Å². The molecule has 290 valence electrons. The molecule has 0 N–H and O–H groups in total. The second-order valence-corrected chi connectivity index (χ2v) is 16.1. The lowest BCUT2D eigenvalue weighted by Gasteiger charge is -2.27. The molecule has 0 radical (unpaired) electrons. The highest BCUT2D eigenvalue weighted by atomic mass is 16.3. The summed E-state index contributed by atoms with van der Waals surface area (Å²) in [5, 5.41) is 9.83. The zero-order valence-electron chi connectivity index (χ0n) is 33.9. The molecule has 0 unspecified atom stereocenters. The highest BCUT2D eigenvalue weighted by Crippen LogP contribution is 2.42. The number of rotatable bonds is 7. The second-order valence-electron chi connectivity index (χ2n) is 16.1. The molecule has 0 spiro atoms. The summed E-state index contributed by atoms with van der Waals surface area (Å²) in [4.78, 5) is 2.37. The van der Waals surface area contributed by atoms with E-state index in [1.807, 2.05) is 12.1 Å². The Morgan fingerprint density at radius 1 is 0.258 bits per heavy atom. The molecule has 0 aliphatic heterocycles. The van der Waals surface area contributed by atoms with E-state index in [-0.39, 0.29) is 0 Å². The van der Waals surface area contributed by atoms with Crippen LogP contribution >= 0.6 is 0 Å². The molecule has 62 heavy (non-hydrogen) atoms. The van der Waals surface area contributed by atoms with Gasteiger partial charge >= 0.3 is 0 Å². The zero-order chi connectivity index (χ0) is 41.0. The lowest BCUT2D eigenvalue weighted by Crippen LogP contribution is -2.10. The van der Waals surface area contributed by atoms with Crippen LogP contribution in [0.3, 0.4) is 0 Å². The molecule has 0 amide bonds. The first-order valence-corrected chi connectivity index (χ1v) is 21.2. The third kappa shape index (κ3) is 6.29. The molecule has 2 nitrogen and oxygen atoms in total. The molecule has 1 aromatic heterocycles. The first-order chi connectivity index (χ1) is 30.7. The number of benzene rings is 11. The molecule has 1 heterocycles. The van der Waals surface area contributed by atoms with Gasteiger partial charge < -0.3 is 9.32 Å². The van der Waals surface area contributed by atoms with Gasteiger partial charge in [-0.15, -0.1) is 0 Å². The highest BCUT2D eigenvalue weighted by Gasteiger charge is 2.17. The minimum absolute atomic E-state index is 0.899. The first-order valence-electron chi connectivity index (χ1n) is 21.2. The van der Waals surface area contributed by atoms with Crippen LogP contribution in [-0.2, 0) is 0 Å². The van der Waals surface area contributed by atoms with Crippen LogP contribution in [0.25, 0.3) is 98.8 Å². The van der Waals surface area contributed by atoms with Gasteiger partial charge in [-0.05, 0) is 137 Å². The van der Waals surface area contributed by atoms with Crippen molar-refractivity contribution in [1.82, 2.24) is 0 Å². The van der Waals surface area contributed by atoms with Crippen LogP contribution in [0.5, 0.6) is 0 Å². The Hall–Kier alpha value is -8.20. The first kappa shape index (κ1) is 35.7. The van der Waals surface area contributed by atoms with Gasteiger partial charge in [0.2, 0.25) is 0 Å². The van der Waals surface area contributed by atoms with Crippen molar-refractivity contribution < 1.29 is 4.42 Å². The van der Waals surface area contributed by atoms with E-state index in [9.17, 15) is 0 Å². The van der Waals surface area contributed by atoms with E-state index < -0.39 is 0 Å². The normalized spacial score (nSPS) is 11.5. The van der Waals surface area contributed by atoms with Gasteiger partial charge in [0.15, 0.2) is 0 Å². The van der Waals surface area contributed by atoms with E-state index in [0.717, 1.165) is 55.7 Å². The van der Waals surface area contributed by atoms with Gasteiger partial charge in [-0.1, -0.05) is 176 Å². The standard InChI is InChI=1S/C60H39NO/c1-2-12-46-36-49(30-26-40(46)10-1)48-14-8-16-53(38-48)61(51-34-32-44(33-35-51)55-19-9-21-59-60(55)56-18-5-6-20-58(56)62-59)52-15-7-13-47(37-52)41-22-24-42(25-23-41)50-31-29-45-28-27-43-11-3-4-17-54(43)57(45)39-50/h1-39H. The average molecular weight is 790 g/mol. The van der Waals surface area contributed by atoms with Crippen molar-refractivity contribution in [2.45, 2.75) is 0 Å². The monoisotopic (exact) mass is 789 g/mol. The Kier molecular flexibility index (Phi) is 8.53. The number of hydrogen-bond donors (Lipinski definition) is 0.